The summed E-state index contributed by atoms with van der Waals surface area (Å²) >= 11 is 0. The number of guanidine groups is 1. The second kappa shape index (κ2) is 11.5. The summed E-state index contributed by atoms with van der Waals surface area (Å²) in [5, 5.41) is 11.3. The number of nitrogens with zero attached hydrogens (tertiary/aromatic N) is 3. The lowest BCUT2D eigenvalue weighted by Gasteiger charge is -2.12. The molecule has 0 spiro atoms. The highest BCUT2D eigenvalue weighted by molar-refractivity contribution is 14.0. The van der Waals surface area contributed by atoms with Crippen LogP contribution in [0, 0.1) is 0 Å². The number of hydrogen-bond acceptors (Lipinski definition) is 3. The lowest BCUT2D eigenvalue weighted by molar-refractivity contribution is 0.507. The molecule has 2 heterocycles. The molecule has 29 heavy (non-hydrogen) atoms. The minimum absolute atomic E-state index is 0. The van der Waals surface area contributed by atoms with Gasteiger partial charge in [-0.15, -0.1) is 24.0 Å². The SMILES string of the molecule is C=C(C)CNC(=NCc1cn(C)nc1-c1ccccc1)NCCc1ccco1.I. The van der Waals surface area contributed by atoms with Crippen LogP contribution in [0.1, 0.15) is 18.2 Å². The van der Waals surface area contributed by atoms with Gasteiger partial charge in [0.15, 0.2) is 5.96 Å². The summed E-state index contributed by atoms with van der Waals surface area (Å²) in [6, 6.07) is 14.1. The molecule has 0 fully saturated rings. The Morgan fingerprint density at radius 3 is 2.66 bits per heavy atom. The number of furan rings is 1. The fourth-order valence-corrected chi connectivity index (χ4v) is 2.82. The van der Waals surface area contributed by atoms with Crippen LogP contribution in [0.25, 0.3) is 11.3 Å². The number of nitrogens with one attached hydrogen (secondary N) is 2. The molecule has 0 bridgehead atoms. The van der Waals surface area contributed by atoms with Crippen molar-refractivity contribution in [2.75, 3.05) is 13.1 Å². The van der Waals surface area contributed by atoms with Crippen LogP contribution >= 0.6 is 24.0 Å². The molecular formula is C22H28IN5O. The van der Waals surface area contributed by atoms with Crippen LogP contribution in [0.3, 0.4) is 0 Å². The topological polar surface area (TPSA) is 67.4 Å². The third-order valence-electron chi connectivity index (χ3n) is 4.16. The number of aromatic nitrogens is 2. The van der Waals surface area contributed by atoms with Crippen LogP contribution < -0.4 is 10.6 Å². The van der Waals surface area contributed by atoms with Crippen molar-refractivity contribution in [1.29, 1.82) is 0 Å². The van der Waals surface area contributed by atoms with Crippen molar-refractivity contribution < 1.29 is 4.42 Å². The lowest BCUT2D eigenvalue weighted by atomic mass is 10.1. The molecule has 1 aromatic carbocycles. The van der Waals surface area contributed by atoms with Crippen molar-refractivity contribution in [3.05, 3.63) is 78.4 Å². The van der Waals surface area contributed by atoms with Crippen molar-refractivity contribution in [3.63, 3.8) is 0 Å². The first kappa shape index (κ1) is 22.7. The molecule has 0 atom stereocenters. The van der Waals surface area contributed by atoms with E-state index in [4.69, 9.17) is 9.41 Å². The average Bonchev–Trinajstić information content (AvgIpc) is 3.33. The van der Waals surface area contributed by atoms with Gasteiger partial charge < -0.3 is 15.1 Å². The standard InChI is InChI=1S/C22H27N5O.HI/c1-17(2)14-24-22(23-12-11-20-10-7-13-28-20)25-15-19-16-27(3)26-21(19)18-8-5-4-6-9-18;/h4-10,13,16H,1,11-12,14-15H2,2-3H3,(H2,23,24,25);1H. The second-order valence-corrected chi connectivity index (χ2v) is 6.77. The maximum atomic E-state index is 5.38. The zero-order chi connectivity index (χ0) is 19.8. The normalized spacial score (nSPS) is 11.0. The van der Waals surface area contributed by atoms with Gasteiger partial charge >= 0.3 is 0 Å². The maximum Gasteiger partial charge on any atom is 0.191 e. The second-order valence-electron chi connectivity index (χ2n) is 6.77. The Kier molecular flexibility index (Phi) is 8.98. The third kappa shape index (κ3) is 7.08. The molecule has 0 saturated heterocycles. The molecular weight excluding hydrogens is 477 g/mol. The minimum atomic E-state index is 0. The van der Waals surface area contributed by atoms with E-state index >= 15 is 0 Å². The Bertz CT molecular complexity index is 916. The monoisotopic (exact) mass is 505 g/mol. The molecule has 0 radical (unpaired) electrons. The van der Waals surface area contributed by atoms with Gasteiger partial charge in [-0.3, -0.25) is 4.68 Å². The van der Waals surface area contributed by atoms with Crippen LogP contribution in [-0.4, -0.2) is 28.8 Å². The van der Waals surface area contributed by atoms with E-state index in [-0.39, 0.29) is 24.0 Å². The van der Waals surface area contributed by atoms with Crippen molar-refractivity contribution in [1.82, 2.24) is 20.4 Å². The number of rotatable bonds is 8. The van der Waals surface area contributed by atoms with Crippen LogP contribution in [-0.2, 0) is 20.0 Å². The summed E-state index contributed by atoms with van der Waals surface area (Å²) in [5.41, 5.74) is 4.18. The number of halogens is 1. The number of aliphatic imine (C=N–C) groups is 1. The maximum absolute atomic E-state index is 5.38. The molecule has 6 nitrogen and oxygen atoms in total. The van der Waals surface area contributed by atoms with E-state index in [2.05, 4.69) is 34.4 Å². The first-order chi connectivity index (χ1) is 13.6. The Morgan fingerprint density at radius 2 is 1.97 bits per heavy atom. The fourth-order valence-electron chi connectivity index (χ4n) is 2.82. The molecule has 2 N–H and O–H groups in total. The van der Waals surface area contributed by atoms with E-state index in [1.807, 2.05) is 55.2 Å². The molecule has 0 saturated carbocycles. The van der Waals surface area contributed by atoms with Gasteiger partial charge in [-0.05, 0) is 19.1 Å². The van der Waals surface area contributed by atoms with Gasteiger partial charge in [-0.2, -0.15) is 5.10 Å². The highest BCUT2D eigenvalue weighted by Crippen LogP contribution is 2.22. The van der Waals surface area contributed by atoms with E-state index in [0.717, 1.165) is 47.1 Å². The van der Waals surface area contributed by atoms with Crippen molar-refractivity contribution in [2.45, 2.75) is 19.9 Å². The summed E-state index contributed by atoms with van der Waals surface area (Å²) in [7, 11) is 1.93. The Balaban J connectivity index is 0.00000300. The van der Waals surface area contributed by atoms with Crippen LogP contribution in [0.2, 0.25) is 0 Å². The molecule has 3 rings (SSSR count). The van der Waals surface area contributed by atoms with Gasteiger partial charge in [0.2, 0.25) is 0 Å². The Morgan fingerprint density at radius 1 is 1.17 bits per heavy atom. The number of aryl methyl sites for hydroxylation is 1. The smallest absolute Gasteiger partial charge is 0.191 e. The van der Waals surface area contributed by atoms with Gasteiger partial charge in [-0.25, -0.2) is 4.99 Å². The molecule has 0 aliphatic carbocycles. The largest absolute Gasteiger partial charge is 0.469 e. The van der Waals surface area contributed by atoms with Crippen molar-refractivity contribution in [2.24, 2.45) is 12.0 Å². The fraction of sp³-hybridized carbons (Fsp3) is 0.273. The molecule has 154 valence electrons. The predicted octanol–water partition coefficient (Wildman–Crippen LogP) is 4.15. The van der Waals surface area contributed by atoms with E-state index in [1.165, 1.54) is 0 Å². The zero-order valence-corrected chi connectivity index (χ0v) is 19.2. The van der Waals surface area contributed by atoms with E-state index in [9.17, 15) is 0 Å². The molecule has 3 aromatic rings. The first-order valence-corrected chi connectivity index (χ1v) is 9.38. The van der Waals surface area contributed by atoms with Crippen molar-refractivity contribution >= 4 is 29.9 Å². The molecule has 2 aromatic heterocycles. The zero-order valence-electron chi connectivity index (χ0n) is 16.9. The average molecular weight is 505 g/mol. The summed E-state index contributed by atoms with van der Waals surface area (Å²) in [6.45, 7) is 7.87. The molecule has 0 aliphatic heterocycles. The predicted molar refractivity (Wildman–Crippen MR) is 128 cm³/mol. The number of benzene rings is 1. The lowest BCUT2D eigenvalue weighted by Crippen LogP contribution is -2.39. The molecule has 0 aliphatic rings. The summed E-state index contributed by atoms with van der Waals surface area (Å²) in [4.78, 5) is 4.75. The van der Waals surface area contributed by atoms with E-state index in [1.54, 1.807) is 6.26 Å². The van der Waals surface area contributed by atoms with Crippen LogP contribution in [0.5, 0.6) is 0 Å². The van der Waals surface area contributed by atoms with Crippen LogP contribution in [0.15, 0.2) is 76.5 Å². The van der Waals surface area contributed by atoms with Gasteiger partial charge in [0.1, 0.15) is 5.76 Å². The summed E-state index contributed by atoms with van der Waals surface area (Å²) in [6.07, 6.45) is 4.51. The molecule has 0 amide bonds. The van der Waals surface area contributed by atoms with Gasteiger partial charge in [-0.1, -0.05) is 42.5 Å². The first-order valence-electron chi connectivity index (χ1n) is 9.38. The molecule has 0 unspecified atom stereocenters. The highest BCUT2D eigenvalue weighted by Gasteiger charge is 2.10. The Hall–Kier alpha value is -2.55. The summed E-state index contributed by atoms with van der Waals surface area (Å²) < 4.78 is 7.22. The molecule has 7 heteroatoms. The minimum Gasteiger partial charge on any atom is -0.469 e. The van der Waals surface area contributed by atoms with E-state index < -0.39 is 0 Å². The van der Waals surface area contributed by atoms with Crippen molar-refractivity contribution in [3.8, 4) is 11.3 Å². The van der Waals surface area contributed by atoms with Crippen LogP contribution in [0.4, 0.5) is 0 Å². The number of hydrogen-bond donors (Lipinski definition) is 2. The van der Waals surface area contributed by atoms with Gasteiger partial charge in [0, 0.05) is 43.9 Å². The van der Waals surface area contributed by atoms with Gasteiger partial charge in [0.25, 0.3) is 0 Å². The third-order valence-corrected chi connectivity index (χ3v) is 4.16. The summed E-state index contributed by atoms with van der Waals surface area (Å²) in [5.74, 6) is 1.70. The Labute approximate surface area is 189 Å². The van der Waals surface area contributed by atoms with E-state index in [0.29, 0.717) is 13.1 Å². The quantitative estimate of drug-likeness (QED) is 0.209. The highest BCUT2D eigenvalue weighted by atomic mass is 127. The van der Waals surface area contributed by atoms with Gasteiger partial charge in [0.05, 0.1) is 18.5 Å².